The number of fused-ring (bicyclic) bond motifs is 1. The number of benzene rings is 1. The molecule has 3 aliphatic rings. The predicted octanol–water partition coefficient (Wildman–Crippen LogP) is 4.27. The van der Waals surface area contributed by atoms with Gasteiger partial charge in [0.05, 0.1) is 29.2 Å². The van der Waals surface area contributed by atoms with E-state index in [9.17, 15) is 19.5 Å². The molecule has 3 fully saturated rings. The Labute approximate surface area is 243 Å². The van der Waals surface area contributed by atoms with Gasteiger partial charge in [-0.05, 0) is 45.6 Å². The maximum absolute atomic E-state index is 14.5. The fraction of sp³-hybridized carbons (Fsp3) is 0.594. The highest BCUT2D eigenvalue weighted by Crippen LogP contribution is 2.72. The molecule has 3 amide bonds. The molecule has 7 atom stereocenters. The van der Waals surface area contributed by atoms with Gasteiger partial charge < -0.3 is 19.8 Å². The quantitative estimate of drug-likeness (QED) is 0.360. The van der Waals surface area contributed by atoms with Crippen LogP contribution in [-0.2, 0) is 20.9 Å². The van der Waals surface area contributed by atoms with Crippen molar-refractivity contribution in [2.24, 2.45) is 11.8 Å². The number of nitrogens with zero attached hydrogens (tertiary/aromatic N) is 3. The van der Waals surface area contributed by atoms with E-state index < -0.39 is 33.4 Å². The predicted molar refractivity (Wildman–Crippen MR) is 160 cm³/mol. The molecule has 0 saturated carbocycles. The summed E-state index contributed by atoms with van der Waals surface area (Å²) in [5.74, 6) is -1.54. The van der Waals surface area contributed by atoms with Crippen molar-refractivity contribution in [3.8, 4) is 0 Å². The molecule has 1 N–H and O–H groups in total. The summed E-state index contributed by atoms with van der Waals surface area (Å²) in [6, 6.07) is 8.55. The van der Waals surface area contributed by atoms with Crippen LogP contribution in [0, 0.1) is 11.8 Å². The van der Waals surface area contributed by atoms with Crippen molar-refractivity contribution in [1.82, 2.24) is 14.7 Å². The van der Waals surface area contributed by atoms with Gasteiger partial charge in [-0.2, -0.15) is 0 Å². The lowest BCUT2D eigenvalue weighted by atomic mass is 9.66. The molecule has 0 aromatic heterocycles. The van der Waals surface area contributed by atoms with Crippen molar-refractivity contribution in [3.05, 3.63) is 61.2 Å². The summed E-state index contributed by atoms with van der Waals surface area (Å²) in [4.78, 5) is 48.5. The Balaban J connectivity index is 1.76. The Hall–Kier alpha value is -2.58. The molecule has 4 rings (SSSR count). The first-order chi connectivity index (χ1) is 19.1. The highest BCUT2D eigenvalue weighted by molar-refractivity contribution is 8.02. The van der Waals surface area contributed by atoms with Gasteiger partial charge in [-0.1, -0.05) is 55.8 Å². The van der Waals surface area contributed by atoms with Crippen LogP contribution in [0.25, 0.3) is 0 Å². The van der Waals surface area contributed by atoms with E-state index in [0.29, 0.717) is 26.1 Å². The van der Waals surface area contributed by atoms with Crippen LogP contribution in [-0.4, -0.2) is 84.8 Å². The van der Waals surface area contributed by atoms with Crippen LogP contribution in [0.15, 0.2) is 55.6 Å². The molecule has 0 aliphatic carbocycles. The lowest BCUT2D eigenvalue weighted by molar-refractivity contribution is -0.148. The number of rotatable bonds is 13. The maximum atomic E-state index is 14.5. The normalized spacial score (nSPS) is 30.1. The highest BCUT2D eigenvalue weighted by atomic mass is 32.2. The molecular weight excluding hydrogens is 522 g/mol. The molecule has 3 heterocycles. The Morgan fingerprint density at radius 1 is 1.15 bits per heavy atom. The SMILES string of the molecule is C=CCN(Cc1ccccc1)C(=O)[C@H]1[C@H]2C(=O)N([C@H](C)CO)C(C(=O)N(CC=C)C(C)CCC)C23CC[C@]1(C)S3. The second-order valence-electron chi connectivity index (χ2n) is 11.9. The molecule has 218 valence electrons. The Morgan fingerprint density at radius 3 is 2.42 bits per heavy atom. The van der Waals surface area contributed by atoms with Crippen molar-refractivity contribution in [1.29, 1.82) is 0 Å². The summed E-state index contributed by atoms with van der Waals surface area (Å²) in [5, 5.41) is 10.2. The van der Waals surface area contributed by atoms with Crippen LogP contribution in [0.1, 0.15) is 58.9 Å². The summed E-state index contributed by atoms with van der Waals surface area (Å²) in [6.07, 6.45) is 6.67. The topological polar surface area (TPSA) is 81.2 Å². The third kappa shape index (κ3) is 5.02. The number of carbonyl (C=O) groups is 3. The van der Waals surface area contributed by atoms with Crippen LogP contribution >= 0.6 is 11.8 Å². The Kier molecular flexibility index (Phi) is 9.20. The van der Waals surface area contributed by atoms with Gasteiger partial charge in [0, 0.05) is 30.4 Å². The molecule has 1 aromatic rings. The largest absolute Gasteiger partial charge is 0.394 e. The lowest BCUT2D eigenvalue weighted by Gasteiger charge is -2.40. The molecule has 40 heavy (non-hydrogen) atoms. The van der Waals surface area contributed by atoms with E-state index in [1.807, 2.05) is 42.2 Å². The van der Waals surface area contributed by atoms with Gasteiger partial charge in [-0.15, -0.1) is 24.9 Å². The number of thioether (sulfide) groups is 1. The average molecular weight is 568 g/mol. The second kappa shape index (κ2) is 12.1. The minimum absolute atomic E-state index is 0.0158. The van der Waals surface area contributed by atoms with Gasteiger partial charge in [0.15, 0.2) is 0 Å². The number of hydrogen-bond donors (Lipinski definition) is 1. The monoisotopic (exact) mass is 567 g/mol. The standard InChI is InChI=1S/C32H45N3O4S/c1-7-13-22(4)34(19-9-3)30(39)27-32-17-16-31(6,40-32)25(26(32)29(38)35(27)23(5)21-36)28(37)33(18-8-2)20-24-14-11-10-12-15-24/h8-12,14-15,22-23,25-27,36H,2-3,7,13,16-21H2,1,4-6H3/t22?,23-,25-,26+,27?,31+,32?/m1/s1. The number of hydrogen-bond acceptors (Lipinski definition) is 5. The van der Waals surface area contributed by atoms with Crippen LogP contribution in [0.3, 0.4) is 0 Å². The lowest BCUT2D eigenvalue weighted by Crippen LogP contribution is -2.58. The fourth-order valence-electron chi connectivity index (χ4n) is 7.33. The smallest absolute Gasteiger partial charge is 0.247 e. The number of aliphatic hydroxyl groups excluding tert-OH is 1. The molecule has 3 unspecified atom stereocenters. The number of carbonyl (C=O) groups excluding carboxylic acids is 3. The van der Waals surface area contributed by atoms with Gasteiger partial charge in [0.1, 0.15) is 6.04 Å². The first-order valence-electron chi connectivity index (χ1n) is 14.6. The van der Waals surface area contributed by atoms with E-state index >= 15 is 0 Å². The number of aliphatic hydroxyl groups is 1. The van der Waals surface area contributed by atoms with E-state index in [1.54, 1.807) is 40.6 Å². The first-order valence-corrected chi connectivity index (χ1v) is 15.4. The summed E-state index contributed by atoms with van der Waals surface area (Å²) >= 11 is 1.67. The zero-order chi connectivity index (χ0) is 29.2. The van der Waals surface area contributed by atoms with Crippen LogP contribution in [0.2, 0.25) is 0 Å². The molecule has 3 saturated heterocycles. The van der Waals surface area contributed by atoms with E-state index in [0.717, 1.165) is 24.8 Å². The van der Waals surface area contributed by atoms with Crippen molar-refractivity contribution < 1.29 is 19.5 Å². The number of amides is 3. The summed E-state index contributed by atoms with van der Waals surface area (Å²) < 4.78 is -1.18. The first kappa shape index (κ1) is 30.4. The minimum Gasteiger partial charge on any atom is -0.394 e. The zero-order valence-corrected chi connectivity index (χ0v) is 25.2. The number of likely N-dealkylation sites (tertiary alicyclic amines) is 1. The Bertz CT molecular complexity index is 1130. The van der Waals surface area contributed by atoms with E-state index in [4.69, 9.17) is 0 Å². The summed E-state index contributed by atoms with van der Waals surface area (Å²) in [7, 11) is 0. The molecule has 1 spiro atoms. The van der Waals surface area contributed by atoms with Crippen LogP contribution < -0.4 is 0 Å². The van der Waals surface area contributed by atoms with Gasteiger partial charge >= 0.3 is 0 Å². The summed E-state index contributed by atoms with van der Waals surface area (Å²) in [6.45, 7) is 16.7. The van der Waals surface area contributed by atoms with E-state index in [2.05, 4.69) is 27.0 Å². The molecular formula is C32H45N3O4S. The minimum atomic E-state index is -0.738. The Morgan fingerprint density at radius 2 is 1.82 bits per heavy atom. The molecule has 0 radical (unpaired) electrons. The zero-order valence-electron chi connectivity index (χ0n) is 24.4. The summed E-state index contributed by atoms with van der Waals surface area (Å²) in [5.41, 5.74) is 1.01. The van der Waals surface area contributed by atoms with E-state index in [1.165, 1.54) is 0 Å². The van der Waals surface area contributed by atoms with Gasteiger partial charge in [0.2, 0.25) is 17.7 Å². The van der Waals surface area contributed by atoms with Crippen molar-refractivity contribution in [2.45, 2.75) is 87.5 Å². The van der Waals surface area contributed by atoms with Crippen molar-refractivity contribution in [3.63, 3.8) is 0 Å². The molecule has 1 aromatic carbocycles. The third-order valence-electron chi connectivity index (χ3n) is 9.18. The average Bonchev–Trinajstić information content (AvgIpc) is 3.51. The van der Waals surface area contributed by atoms with Crippen molar-refractivity contribution in [2.75, 3.05) is 19.7 Å². The molecule has 2 bridgehead atoms. The maximum Gasteiger partial charge on any atom is 0.247 e. The van der Waals surface area contributed by atoms with Crippen LogP contribution in [0.4, 0.5) is 0 Å². The van der Waals surface area contributed by atoms with Gasteiger partial charge in [0.25, 0.3) is 0 Å². The third-order valence-corrected chi connectivity index (χ3v) is 11.2. The fourth-order valence-corrected chi connectivity index (χ4v) is 9.66. The van der Waals surface area contributed by atoms with Gasteiger partial charge in [-0.3, -0.25) is 14.4 Å². The molecule has 3 aliphatic heterocycles. The second-order valence-corrected chi connectivity index (χ2v) is 13.8. The molecule has 7 nitrogen and oxygen atoms in total. The highest BCUT2D eigenvalue weighted by Gasteiger charge is 2.77. The molecule has 8 heteroatoms. The van der Waals surface area contributed by atoms with Crippen LogP contribution in [0.5, 0.6) is 0 Å². The van der Waals surface area contributed by atoms with E-state index in [-0.39, 0.29) is 30.4 Å². The van der Waals surface area contributed by atoms with Crippen molar-refractivity contribution >= 4 is 29.5 Å². The van der Waals surface area contributed by atoms with Gasteiger partial charge in [-0.25, -0.2) is 0 Å².